The van der Waals surface area contributed by atoms with Crippen molar-refractivity contribution in [3.63, 3.8) is 0 Å². The van der Waals surface area contributed by atoms with Crippen LogP contribution in [0.1, 0.15) is 25.3 Å². The highest BCUT2D eigenvalue weighted by Crippen LogP contribution is 2.38. The van der Waals surface area contributed by atoms with Gasteiger partial charge in [0, 0.05) is 39.9 Å². The number of rotatable bonds is 10. The van der Waals surface area contributed by atoms with Crippen LogP contribution in [-0.4, -0.2) is 98.9 Å². The van der Waals surface area contributed by atoms with Crippen molar-refractivity contribution in [1.82, 2.24) is 14.7 Å². The molecule has 8 nitrogen and oxygen atoms in total. The van der Waals surface area contributed by atoms with Crippen molar-refractivity contribution in [2.75, 3.05) is 60.7 Å². The molecule has 2 fully saturated rings. The van der Waals surface area contributed by atoms with Gasteiger partial charge in [-0.2, -0.15) is 0 Å². The number of hydrogen-bond donors (Lipinski definition) is 0. The molecule has 1 aromatic carbocycles. The molecule has 31 heavy (non-hydrogen) atoms. The Labute approximate surface area is 185 Å². The van der Waals surface area contributed by atoms with Crippen LogP contribution in [0.25, 0.3) is 0 Å². The molecule has 1 spiro atoms. The van der Waals surface area contributed by atoms with E-state index < -0.39 is 5.54 Å². The molecule has 0 aliphatic carbocycles. The third-order valence-electron chi connectivity index (χ3n) is 6.58. The third kappa shape index (κ3) is 4.86. The average molecular weight is 434 g/mol. The largest absolute Gasteiger partial charge is 0.497 e. The first-order valence-electron chi connectivity index (χ1n) is 10.9. The Morgan fingerprint density at radius 2 is 1.68 bits per heavy atom. The second-order valence-electron chi connectivity index (χ2n) is 8.35. The van der Waals surface area contributed by atoms with Gasteiger partial charge in [0.2, 0.25) is 0 Å². The fraction of sp³-hybridized carbons (Fsp3) is 0.652. The molecule has 1 atom stereocenters. The van der Waals surface area contributed by atoms with E-state index in [1.807, 2.05) is 29.2 Å². The van der Waals surface area contributed by atoms with Crippen LogP contribution in [0.15, 0.2) is 24.3 Å². The summed E-state index contributed by atoms with van der Waals surface area (Å²) in [5.41, 5.74) is 0.346. The maximum atomic E-state index is 13.5. The molecule has 2 aliphatic rings. The van der Waals surface area contributed by atoms with Gasteiger partial charge >= 0.3 is 6.03 Å². The van der Waals surface area contributed by atoms with Gasteiger partial charge in [0.05, 0.1) is 26.9 Å². The van der Waals surface area contributed by atoms with Gasteiger partial charge < -0.3 is 19.1 Å². The van der Waals surface area contributed by atoms with Gasteiger partial charge in [0.15, 0.2) is 0 Å². The van der Waals surface area contributed by atoms with Crippen molar-refractivity contribution in [3.8, 4) is 5.75 Å². The number of imide groups is 1. The van der Waals surface area contributed by atoms with Crippen molar-refractivity contribution in [2.45, 2.75) is 37.8 Å². The maximum Gasteiger partial charge on any atom is 0.327 e. The van der Waals surface area contributed by atoms with E-state index in [1.54, 1.807) is 21.3 Å². The lowest BCUT2D eigenvalue weighted by molar-refractivity contribution is -0.136. The molecule has 1 unspecified atom stereocenters. The van der Waals surface area contributed by atoms with Gasteiger partial charge in [0.1, 0.15) is 11.3 Å². The highest BCUT2D eigenvalue weighted by Gasteiger charge is 2.57. The standard InChI is InChI=1S/C23H35N3O5/c1-18(17-30-3)24-13-10-23(11-14-24)21(27)25(15-16-29-2)22(28)26(23)12-9-19-5-7-20(31-4)8-6-19/h5-8,18H,9-17H2,1-4H3. The zero-order valence-corrected chi connectivity index (χ0v) is 19.1. The molecule has 0 aromatic heterocycles. The number of amides is 3. The number of piperidine rings is 1. The molecule has 0 bridgehead atoms. The van der Waals surface area contributed by atoms with Gasteiger partial charge in [-0.15, -0.1) is 0 Å². The number of ether oxygens (including phenoxy) is 3. The molecular weight excluding hydrogens is 398 g/mol. The molecule has 0 radical (unpaired) electrons. The van der Waals surface area contributed by atoms with Crippen LogP contribution in [0.2, 0.25) is 0 Å². The average Bonchev–Trinajstić information content (AvgIpc) is 2.97. The minimum atomic E-state index is -0.763. The van der Waals surface area contributed by atoms with Crippen LogP contribution >= 0.6 is 0 Å². The summed E-state index contributed by atoms with van der Waals surface area (Å²) < 4.78 is 15.7. The molecule has 0 saturated carbocycles. The fourth-order valence-corrected chi connectivity index (χ4v) is 4.67. The molecule has 3 amide bonds. The van der Waals surface area contributed by atoms with E-state index in [4.69, 9.17) is 14.2 Å². The lowest BCUT2D eigenvalue weighted by Gasteiger charge is -2.44. The number of benzene rings is 1. The van der Waals surface area contributed by atoms with E-state index >= 15 is 0 Å². The molecule has 1 aromatic rings. The van der Waals surface area contributed by atoms with Gasteiger partial charge in [-0.1, -0.05) is 12.1 Å². The number of methoxy groups -OCH3 is 3. The van der Waals surface area contributed by atoms with Gasteiger partial charge in [-0.3, -0.25) is 14.6 Å². The van der Waals surface area contributed by atoms with Crippen LogP contribution in [0, 0.1) is 0 Å². The summed E-state index contributed by atoms with van der Waals surface area (Å²) in [5, 5.41) is 0. The minimum Gasteiger partial charge on any atom is -0.497 e. The van der Waals surface area contributed by atoms with E-state index in [-0.39, 0.29) is 18.0 Å². The Morgan fingerprint density at radius 3 is 2.26 bits per heavy atom. The zero-order valence-electron chi connectivity index (χ0n) is 19.1. The molecule has 3 rings (SSSR count). The van der Waals surface area contributed by atoms with Crippen molar-refractivity contribution < 1.29 is 23.8 Å². The Bertz CT molecular complexity index is 746. The van der Waals surface area contributed by atoms with Crippen molar-refractivity contribution in [1.29, 1.82) is 0 Å². The summed E-state index contributed by atoms with van der Waals surface area (Å²) in [6.45, 7) is 5.46. The first-order chi connectivity index (χ1) is 15.0. The zero-order chi connectivity index (χ0) is 22.4. The van der Waals surface area contributed by atoms with Crippen molar-refractivity contribution >= 4 is 11.9 Å². The molecule has 2 heterocycles. The second-order valence-corrected chi connectivity index (χ2v) is 8.35. The molecule has 8 heteroatoms. The van der Waals surface area contributed by atoms with Crippen LogP contribution in [0.5, 0.6) is 5.75 Å². The number of hydrogen-bond acceptors (Lipinski definition) is 6. The smallest absolute Gasteiger partial charge is 0.327 e. The fourth-order valence-electron chi connectivity index (χ4n) is 4.67. The molecule has 0 N–H and O–H groups in total. The number of carbonyl (C=O) groups excluding carboxylic acids is 2. The Morgan fingerprint density at radius 1 is 1.00 bits per heavy atom. The number of likely N-dealkylation sites (tertiary alicyclic amines) is 1. The van der Waals surface area contributed by atoms with E-state index in [9.17, 15) is 9.59 Å². The molecule has 2 aliphatic heterocycles. The summed E-state index contributed by atoms with van der Waals surface area (Å²) in [6.07, 6.45) is 1.96. The quantitative estimate of drug-likeness (QED) is 0.526. The topological polar surface area (TPSA) is 71.6 Å². The van der Waals surface area contributed by atoms with Gasteiger partial charge in [-0.05, 0) is 43.9 Å². The normalized spacial score (nSPS) is 20.0. The van der Waals surface area contributed by atoms with Gasteiger partial charge in [0.25, 0.3) is 5.91 Å². The Kier molecular flexibility index (Phi) is 7.91. The van der Waals surface area contributed by atoms with E-state index in [0.717, 1.165) is 24.4 Å². The SMILES string of the molecule is COCCN1C(=O)N(CCc2ccc(OC)cc2)C2(CCN(C(C)COC)CC2)C1=O. The van der Waals surface area contributed by atoms with Crippen LogP contribution in [0.4, 0.5) is 4.79 Å². The summed E-state index contributed by atoms with van der Waals surface area (Å²) in [4.78, 5) is 32.2. The second kappa shape index (κ2) is 10.4. The van der Waals surface area contributed by atoms with Gasteiger partial charge in [-0.25, -0.2) is 4.79 Å². The van der Waals surface area contributed by atoms with Crippen molar-refractivity contribution in [3.05, 3.63) is 29.8 Å². The lowest BCUT2D eigenvalue weighted by atomic mass is 9.85. The molecule has 2 saturated heterocycles. The predicted octanol–water partition coefficient (Wildman–Crippen LogP) is 2.02. The number of nitrogens with zero attached hydrogens (tertiary/aromatic N) is 3. The highest BCUT2D eigenvalue weighted by molar-refractivity contribution is 6.07. The molecular formula is C23H35N3O5. The van der Waals surface area contributed by atoms with Crippen LogP contribution in [0.3, 0.4) is 0 Å². The summed E-state index contributed by atoms with van der Waals surface area (Å²) in [6, 6.07) is 7.93. The first kappa shape index (κ1) is 23.5. The summed E-state index contributed by atoms with van der Waals surface area (Å²) in [7, 11) is 4.93. The number of urea groups is 1. The Hall–Kier alpha value is -2.16. The van der Waals surface area contributed by atoms with E-state index in [0.29, 0.717) is 45.6 Å². The Balaban J connectivity index is 1.76. The van der Waals surface area contributed by atoms with Crippen molar-refractivity contribution in [2.24, 2.45) is 0 Å². The van der Waals surface area contributed by atoms with E-state index in [1.165, 1.54) is 4.90 Å². The monoisotopic (exact) mass is 433 g/mol. The van der Waals surface area contributed by atoms with Crippen LogP contribution in [-0.2, 0) is 20.7 Å². The van der Waals surface area contributed by atoms with Crippen LogP contribution < -0.4 is 4.74 Å². The van der Waals surface area contributed by atoms with E-state index in [2.05, 4.69) is 11.8 Å². The summed E-state index contributed by atoms with van der Waals surface area (Å²) in [5.74, 6) is 0.722. The highest BCUT2D eigenvalue weighted by atomic mass is 16.5. The summed E-state index contributed by atoms with van der Waals surface area (Å²) >= 11 is 0. The minimum absolute atomic E-state index is 0.0803. The predicted molar refractivity (Wildman–Crippen MR) is 117 cm³/mol. The lowest BCUT2D eigenvalue weighted by Crippen LogP contribution is -2.58. The number of carbonyl (C=O) groups is 2. The molecule has 172 valence electrons. The maximum absolute atomic E-state index is 13.5. The third-order valence-corrected chi connectivity index (χ3v) is 6.58. The first-order valence-corrected chi connectivity index (χ1v) is 10.9.